The maximum atomic E-state index is 15.1. The number of anilines is 1. The minimum atomic E-state index is -1.32. The van der Waals surface area contributed by atoms with E-state index in [9.17, 15) is 14.7 Å². The minimum absolute atomic E-state index is 0.0423. The van der Waals surface area contributed by atoms with Crippen LogP contribution in [0, 0.1) is 5.82 Å². The first kappa shape index (κ1) is 16.3. The Morgan fingerprint density at radius 3 is 2.69 bits per heavy atom. The molecule has 0 bridgehead atoms. The number of nitrogens with zero attached hydrogens (tertiary/aromatic N) is 3. The topological polar surface area (TPSA) is 103 Å². The first-order valence-electron chi connectivity index (χ1n) is 8.36. The van der Waals surface area contributed by atoms with E-state index in [-0.39, 0.29) is 34.8 Å². The predicted molar refractivity (Wildman–Crippen MR) is 94.3 cm³/mol. The van der Waals surface area contributed by atoms with Crippen molar-refractivity contribution in [2.45, 2.75) is 32.2 Å². The van der Waals surface area contributed by atoms with Gasteiger partial charge in [-0.1, -0.05) is 6.92 Å². The van der Waals surface area contributed by atoms with Gasteiger partial charge in [0.25, 0.3) is 0 Å². The molecule has 8 heteroatoms. The zero-order chi connectivity index (χ0) is 18.6. The van der Waals surface area contributed by atoms with Crippen LogP contribution in [-0.2, 0) is 6.42 Å². The number of aromatic nitrogens is 3. The van der Waals surface area contributed by atoms with Crippen molar-refractivity contribution >= 4 is 22.7 Å². The second-order valence-corrected chi connectivity index (χ2v) is 6.45. The van der Waals surface area contributed by atoms with Crippen LogP contribution in [0.25, 0.3) is 16.9 Å². The molecule has 3 aromatic heterocycles. The molecule has 4 rings (SSSR count). The summed E-state index contributed by atoms with van der Waals surface area (Å²) in [6.45, 7) is 1.72. The molecule has 134 valence electrons. The molecule has 3 aromatic rings. The Balaban J connectivity index is 2.15. The Morgan fingerprint density at radius 1 is 1.42 bits per heavy atom. The molecule has 3 heterocycles. The van der Waals surface area contributed by atoms with Crippen molar-refractivity contribution in [2.24, 2.45) is 0 Å². The molecular formula is C18H17FN4O3. The number of nitrogen functional groups attached to an aromatic ring is 1. The van der Waals surface area contributed by atoms with E-state index in [1.165, 1.54) is 10.8 Å². The van der Waals surface area contributed by atoms with Gasteiger partial charge in [0.2, 0.25) is 5.43 Å². The molecule has 7 nitrogen and oxygen atoms in total. The van der Waals surface area contributed by atoms with Crippen LogP contribution in [0.15, 0.2) is 29.5 Å². The van der Waals surface area contributed by atoms with Gasteiger partial charge in [0.1, 0.15) is 11.2 Å². The molecule has 0 spiro atoms. The fourth-order valence-electron chi connectivity index (χ4n) is 3.24. The van der Waals surface area contributed by atoms with Crippen molar-refractivity contribution in [3.8, 4) is 5.82 Å². The average Bonchev–Trinajstić information content (AvgIpc) is 3.35. The predicted octanol–water partition coefficient (Wildman–Crippen LogP) is 2.50. The minimum Gasteiger partial charge on any atom is -0.477 e. The largest absolute Gasteiger partial charge is 0.477 e. The maximum absolute atomic E-state index is 15.1. The highest BCUT2D eigenvalue weighted by Crippen LogP contribution is 2.37. The fraction of sp³-hybridized carbons (Fsp3) is 0.278. The first-order valence-corrected chi connectivity index (χ1v) is 8.36. The quantitative estimate of drug-likeness (QED) is 0.748. The lowest BCUT2D eigenvalue weighted by Gasteiger charge is -2.16. The standard InChI is InChI=1S/C18H17FN4O3/c1-2-11-13-15(24)12(18(25)26)8-23(10-3-4-10)16(13)21-17(14(11)19)22-6-5-9(20)7-22/h5-8,10H,2-4,20H2,1H3,(H,25,26). The number of carbonyl (C=O) groups is 1. The summed E-state index contributed by atoms with van der Waals surface area (Å²) in [7, 11) is 0. The number of hydrogen-bond acceptors (Lipinski definition) is 4. The molecule has 0 saturated heterocycles. The zero-order valence-electron chi connectivity index (χ0n) is 14.1. The van der Waals surface area contributed by atoms with Crippen molar-refractivity contribution < 1.29 is 14.3 Å². The highest BCUT2D eigenvalue weighted by molar-refractivity contribution is 5.93. The molecule has 3 N–H and O–H groups in total. The van der Waals surface area contributed by atoms with Gasteiger partial charge in [0.15, 0.2) is 11.6 Å². The molecule has 1 fully saturated rings. The van der Waals surface area contributed by atoms with Gasteiger partial charge < -0.3 is 20.0 Å². The van der Waals surface area contributed by atoms with Gasteiger partial charge in [-0.2, -0.15) is 0 Å². The molecular weight excluding hydrogens is 339 g/mol. The number of aryl methyl sites for hydroxylation is 1. The summed E-state index contributed by atoms with van der Waals surface area (Å²) in [5.74, 6) is -1.92. The number of nitrogens with two attached hydrogens (primary N) is 1. The number of carboxylic acid groups (broad SMARTS) is 1. The molecule has 0 aliphatic heterocycles. The van der Waals surface area contributed by atoms with E-state index in [1.807, 2.05) is 0 Å². The van der Waals surface area contributed by atoms with E-state index in [0.29, 0.717) is 11.3 Å². The van der Waals surface area contributed by atoms with Gasteiger partial charge in [0.05, 0.1) is 5.39 Å². The summed E-state index contributed by atoms with van der Waals surface area (Å²) in [5, 5.41) is 9.42. The number of aromatic carboxylic acids is 1. The summed E-state index contributed by atoms with van der Waals surface area (Å²) in [5.41, 5.74) is 5.60. The molecule has 1 saturated carbocycles. The van der Waals surface area contributed by atoms with Crippen molar-refractivity contribution in [1.82, 2.24) is 14.1 Å². The van der Waals surface area contributed by atoms with E-state index >= 15 is 4.39 Å². The molecule has 0 aromatic carbocycles. The van der Waals surface area contributed by atoms with Gasteiger partial charge >= 0.3 is 5.97 Å². The molecule has 26 heavy (non-hydrogen) atoms. The number of carboxylic acids is 1. The molecule has 0 unspecified atom stereocenters. The van der Waals surface area contributed by atoms with Gasteiger partial charge in [-0.05, 0) is 25.3 Å². The number of pyridine rings is 2. The molecule has 1 aliphatic carbocycles. The van der Waals surface area contributed by atoms with Crippen LogP contribution in [0.1, 0.15) is 41.7 Å². The third kappa shape index (κ3) is 2.37. The van der Waals surface area contributed by atoms with E-state index in [0.717, 1.165) is 12.8 Å². The number of hydrogen-bond donors (Lipinski definition) is 2. The summed E-state index contributed by atoms with van der Waals surface area (Å²) in [6, 6.07) is 1.69. The van der Waals surface area contributed by atoms with Gasteiger partial charge in [-0.15, -0.1) is 0 Å². The van der Waals surface area contributed by atoms with E-state index in [1.54, 1.807) is 30.0 Å². The Hall–Kier alpha value is -3.16. The summed E-state index contributed by atoms with van der Waals surface area (Å²) in [6.07, 6.45) is 6.42. The van der Waals surface area contributed by atoms with Crippen molar-refractivity contribution in [1.29, 1.82) is 0 Å². The van der Waals surface area contributed by atoms with Crippen molar-refractivity contribution in [3.63, 3.8) is 0 Å². The van der Waals surface area contributed by atoms with Crippen LogP contribution in [0.2, 0.25) is 0 Å². The normalized spacial score (nSPS) is 14.1. The molecule has 0 radical (unpaired) electrons. The van der Waals surface area contributed by atoms with E-state index in [2.05, 4.69) is 4.98 Å². The Kier molecular flexibility index (Phi) is 3.57. The van der Waals surface area contributed by atoms with Crippen LogP contribution in [0.5, 0.6) is 0 Å². The highest BCUT2D eigenvalue weighted by Gasteiger charge is 2.30. The molecule has 0 amide bonds. The lowest BCUT2D eigenvalue weighted by Crippen LogP contribution is -2.22. The first-order chi connectivity index (χ1) is 12.4. The van der Waals surface area contributed by atoms with E-state index in [4.69, 9.17) is 5.73 Å². The second-order valence-electron chi connectivity index (χ2n) is 6.45. The van der Waals surface area contributed by atoms with Crippen LogP contribution >= 0.6 is 0 Å². The second kappa shape index (κ2) is 5.69. The lowest BCUT2D eigenvalue weighted by molar-refractivity contribution is 0.0695. The van der Waals surface area contributed by atoms with Crippen LogP contribution < -0.4 is 11.2 Å². The molecule has 1 aliphatic rings. The van der Waals surface area contributed by atoms with Gasteiger partial charge in [0, 0.05) is 35.9 Å². The summed E-state index contributed by atoms with van der Waals surface area (Å²) in [4.78, 5) is 28.6. The van der Waals surface area contributed by atoms with Crippen LogP contribution in [-0.4, -0.2) is 25.2 Å². The van der Waals surface area contributed by atoms with Crippen molar-refractivity contribution in [3.05, 3.63) is 51.8 Å². The number of halogens is 1. The van der Waals surface area contributed by atoms with Crippen LogP contribution in [0.4, 0.5) is 10.1 Å². The van der Waals surface area contributed by atoms with Gasteiger partial charge in [-0.25, -0.2) is 14.2 Å². The third-order valence-corrected chi connectivity index (χ3v) is 4.67. The number of fused-ring (bicyclic) bond motifs is 1. The Bertz CT molecular complexity index is 1110. The maximum Gasteiger partial charge on any atom is 0.341 e. The average molecular weight is 356 g/mol. The Morgan fingerprint density at radius 2 is 2.15 bits per heavy atom. The zero-order valence-corrected chi connectivity index (χ0v) is 14.1. The summed E-state index contributed by atoms with van der Waals surface area (Å²) < 4.78 is 18.3. The lowest BCUT2D eigenvalue weighted by atomic mass is 10.1. The monoisotopic (exact) mass is 356 g/mol. The van der Waals surface area contributed by atoms with Gasteiger partial charge in [-0.3, -0.25) is 4.79 Å². The van der Waals surface area contributed by atoms with E-state index < -0.39 is 17.2 Å². The van der Waals surface area contributed by atoms with Crippen molar-refractivity contribution in [2.75, 3.05) is 5.73 Å². The Labute approximate surface area is 147 Å². The smallest absolute Gasteiger partial charge is 0.341 e. The molecule has 0 atom stereocenters. The van der Waals surface area contributed by atoms with Crippen LogP contribution in [0.3, 0.4) is 0 Å². The fourth-order valence-corrected chi connectivity index (χ4v) is 3.24. The number of rotatable bonds is 4. The SMILES string of the molecule is CCc1c(F)c(-n2ccc(N)c2)nc2c1c(=O)c(C(=O)O)cn2C1CC1. The summed E-state index contributed by atoms with van der Waals surface area (Å²) >= 11 is 0. The third-order valence-electron chi connectivity index (χ3n) is 4.67. The highest BCUT2D eigenvalue weighted by atomic mass is 19.1.